The van der Waals surface area contributed by atoms with Gasteiger partial charge in [0.2, 0.25) is 0 Å². The Balaban J connectivity index is 1.87. The molecule has 0 spiro atoms. The van der Waals surface area contributed by atoms with E-state index in [4.69, 9.17) is 4.74 Å². The highest BCUT2D eigenvalue weighted by atomic mass is 16.5. The van der Waals surface area contributed by atoms with Gasteiger partial charge in [-0.05, 0) is 18.4 Å². The van der Waals surface area contributed by atoms with Gasteiger partial charge in [0.25, 0.3) is 0 Å². The van der Waals surface area contributed by atoms with E-state index < -0.39 is 0 Å². The topological polar surface area (TPSA) is 9.23 Å². The van der Waals surface area contributed by atoms with Crippen LogP contribution in [0.15, 0.2) is 18.2 Å². The van der Waals surface area contributed by atoms with Crippen molar-refractivity contribution in [1.82, 2.24) is 0 Å². The summed E-state index contributed by atoms with van der Waals surface area (Å²) >= 11 is 0. The summed E-state index contributed by atoms with van der Waals surface area (Å²) in [5.74, 6) is 1.17. The van der Waals surface area contributed by atoms with E-state index in [0.29, 0.717) is 0 Å². The molecule has 0 aliphatic carbocycles. The number of benzene rings is 1. The number of hydrogen-bond donors (Lipinski definition) is 0. The summed E-state index contributed by atoms with van der Waals surface area (Å²) < 4.78 is 5.46. The maximum absolute atomic E-state index is 5.46. The maximum Gasteiger partial charge on any atom is 0.129 e. The molecule has 0 amide bonds. The first-order valence-electron chi connectivity index (χ1n) is 5.65. The summed E-state index contributed by atoms with van der Waals surface area (Å²) in [5, 5.41) is 0. The molecule has 0 N–H and O–H groups in total. The van der Waals surface area contributed by atoms with E-state index in [0.717, 1.165) is 6.61 Å². The molecule has 2 rings (SSSR count). The Morgan fingerprint density at radius 3 is 2.86 bits per heavy atom. The van der Waals surface area contributed by atoms with Crippen LogP contribution in [0.3, 0.4) is 0 Å². The summed E-state index contributed by atoms with van der Waals surface area (Å²) in [7, 11) is 0. The van der Waals surface area contributed by atoms with Gasteiger partial charge in [-0.2, -0.15) is 0 Å². The third-order valence-electron chi connectivity index (χ3n) is 2.85. The third-order valence-corrected chi connectivity index (χ3v) is 2.85. The molecule has 1 heteroatoms. The normalized spacial score (nSPS) is 12.9. The highest BCUT2D eigenvalue weighted by Gasteiger charge is 2.17. The predicted molar refractivity (Wildman–Crippen MR) is 58.6 cm³/mol. The summed E-state index contributed by atoms with van der Waals surface area (Å²) in [5.41, 5.74) is 2.79. The lowest BCUT2D eigenvalue weighted by Gasteiger charge is -2.23. The predicted octanol–water partition coefficient (Wildman–Crippen LogP) is 3.70. The zero-order valence-electron chi connectivity index (χ0n) is 8.88. The lowest BCUT2D eigenvalue weighted by Crippen LogP contribution is -2.11. The van der Waals surface area contributed by atoms with Gasteiger partial charge < -0.3 is 4.74 Å². The van der Waals surface area contributed by atoms with E-state index in [-0.39, 0.29) is 0 Å². The van der Waals surface area contributed by atoms with Gasteiger partial charge in [-0.25, -0.2) is 0 Å². The zero-order valence-corrected chi connectivity index (χ0v) is 8.88. The quantitative estimate of drug-likeness (QED) is 0.643. The number of unbranched alkanes of at least 4 members (excludes halogenated alkanes) is 3. The van der Waals surface area contributed by atoms with Crippen LogP contribution in [0.25, 0.3) is 0 Å². The molecule has 0 fully saturated rings. The van der Waals surface area contributed by atoms with E-state index >= 15 is 0 Å². The van der Waals surface area contributed by atoms with E-state index in [9.17, 15) is 0 Å². The second-order valence-corrected chi connectivity index (χ2v) is 4.00. The smallest absolute Gasteiger partial charge is 0.129 e. The molecule has 14 heavy (non-hydrogen) atoms. The van der Waals surface area contributed by atoms with Gasteiger partial charge in [0.15, 0.2) is 0 Å². The molecule has 1 nitrogen and oxygen atoms in total. The molecule has 0 bridgehead atoms. The maximum atomic E-state index is 5.46. The van der Waals surface area contributed by atoms with Crippen molar-refractivity contribution in [2.45, 2.75) is 45.6 Å². The van der Waals surface area contributed by atoms with Gasteiger partial charge in [-0.1, -0.05) is 44.4 Å². The van der Waals surface area contributed by atoms with Crippen molar-refractivity contribution < 1.29 is 4.74 Å². The average molecular weight is 190 g/mol. The molecule has 76 valence electrons. The molecule has 1 aliphatic rings. The third kappa shape index (κ3) is 1.92. The highest BCUT2D eigenvalue weighted by Crippen LogP contribution is 2.33. The molecule has 1 aromatic carbocycles. The number of para-hydroxylation sites is 1. The van der Waals surface area contributed by atoms with Crippen molar-refractivity contribution in [2.24, 2.45) is 0 Å². The Morgan fingerprint density at radius 2 is 2.14 bits per heavy atom. The summed E-state index contributed by atoms with van der Waals surface area (Å²) in [6.45, 7) is 3.07. The second kappa shape index (κ2) is 4.50. The minimum Gasteiger partial charge on any atom is -0.488 e. The molecular formula is C13H18O. The van der Waals surface area contributed by atoms with Crippen molar-refractivity contribution in [3.8, 4) is 5.75 Å². The van der Waals surface area contributed by atoms with Crippen LogP contribution in [0.4, 0.5) is 0 Å². The van der Waals surface area contributed by atoms with Gasteiger partial charge in [-0.15, -0.1) is 0 Å². The summed E-state index contributed by atoms with van der Waals surface area (Å²) in [6, 6.07) is 6.51. The number of fused-ring (bicyclic) bond motifs is 1. The van der Waals surface area contributed by atoms with Crippen LogP contribution in [-0.4, -0.2) is 0 Å². The van der Waals surface area contributed by atoms with Crippen LogP contribution in [0.5, 0.6) is 5.75 Å². The minimum atomic E-state index is 0.818. The Bertz CT molecular complexity index is 304. The first kappa shape index (κ1) is 9.57. The first-order valence-corrected chi connectivity index (χ1v) is 5.65. The van der Waals surface area contributed by atoms with Crippen molar-refractivity contribution in [3.05, 3.63) is 29.3 Å². The van der Waals surface area contributed by atoms with Gasteiger partial charge >= 0.3 is 0 Å². The van der Waals surface area contributed by atoms with E-state index in [1.807, 2.05) is 0 Å². The van der Waals surface area contributed by atoms with Crippen LogP contribution in [0.1, 0.15) is 43.7 Å². The van der Waals surface area contributed by atoms with E-state index in [2.05, 4.69) is 25.1 Å². The van der Waals surface area contributed by atoms with Gasteiger partial charge in [-0.3, -0.25) is 0 Å². The Morgan fingerprint density at radius 1 is 1.21 bits per heavy atom. The fourth-order valence-corrected chi connectivity index (χ4v) is 1.95. The number of ether oxygens (including phenoxy) is 1. The highest BCUT2D eigenvalue weighted by molar-refractivity contribution is 5.45. The molecule has 1 aromatic rings. The van der Waals surface area contributed by atoms with Crippen LogP contribution in [0, 0.1) is 0 Å². The van der Waals surface area contributed by atoms with Gasteiger partial charge in [0.1, 0.15) is 12.4 Å². The van der Waals surface area contributed by atoms with Gasteiger partial charge in [0, 0.05) is 5.56 Å². The van der Waals surface area contributed by atoms with Gasteiger partial charge in [0.05, 0.1) is 0 Å². The molecule has 0 saturated heterocycles. The molecule has 0 saturated carbocycles. The largest absolute Gasteiger partial charge is 0.488 e. The molecule has 1 heterocycles. The monoisotopic (exact) mass is 190 g/mol. The fraction of sp³-hybridized carbons (Fsp3) is 0.538. The van der Waals surface area contributed by atoms with Crippen LogP contribution in [-0.2, 0) is 13.0 Å². The van der Waals surface area contributed by atoms with Crippen molar-refractivity contribution >= 4 is 0 Å². The number of aryl methyl sites for hydroxylation is 1. The second-order valence-electron chi connectivity index (χ2n) is 4.00. The van der Waals surface area contributed by atoms with E-state index in [1.165, 1.54) is 49.0 Å². The van der Waals surface area contributed by atoms with Crippen molar-refractivity contribution in [3.63, 3.8) is 0 Å². The van der Waals surface area contributed by atoms with Crippen molar-refractivity contribution in [2.75, 3.05) is 0 Å². The fourth-order valence-electron chi connectivity index (χ4n) is 1.95. The summed E-state index contributed by atoms with van der Waals surface area (Å²) in [6.07, 6.45) is 6.50. The van der Waals surface area contributed by atoms with Crippen molar-refractivity contribution in [1.29, 1.82) is 0 Å². The molecule has 0 radical (unpaired) electrons. The molecule has 0 atom stereocenters. The van der Waals surface area contributed by atoms with Crippen LogP contribution >= 0.6 is 0 Å². The molecule has 0 aromatic heterocycles. The number of rotatable bonds is 5. The SMILES string of the molecule is CCCCCCc1cccc2c1OC2. The first-order chi connectivity index (χ1) is 6.92. The molecular weight excluding hydrogens is 172 g/mol. The lowest BCUT2D eigenvalue weighted by molar-refractivity contribution is 0.239. The number of hydrogen-bond acceptors (Lipinski definition) is 1. The minimum absolute atomic E-state index is 0.818. The molecule has 1 aliphatic heterocycles. The van der Waals surface area contributed by atoms with E-state index in [1.54, 1.807) is 0 Å². The average Bonchev–Trinajstić information content (AvgIpc) is 2.15. The Hall–Kier alpha value is -0.980. The van der Waals surface area contributed by atoms with Crippen LogP contribution in [0.2, 0.25) is 0 Å². The Kier molecular flexibility index (Phi) is 3.07. The van der Waals surface area contributed by atoms with Crippen LogP contribution < -0.4 is 4.74 Å². The standard InChI is InChI=1S/C13H18O/c1-2-3-4-5-7-11-8-6-9-12-10-14-13(11)12/h6,8-9H,2-5,7,10H2,1H3. The Labute approximate surface area is 86.1 Å². The zero-order chi connectivity index (χ0) is 9.80. The summed E-state index contributed by atoms with van der Waals surface area (Å²) in [4.78, 5) is 0. The molecule has 0 unspecified atom stereocenters. The lowest BCUT2D eigenvalue weighted by atomic mass is 10.0.